The van der Waals surface area contributed by atoms with Crippen LogP contribution in [-0.2, 0) is 14.3 Å². The van der Waals surface area contributed by atoms with Crippen LogP contribution in [0.3, 0.4) is 0 Å². The Bertz CT molecular complexity index is 795. The lowest BCUT2D eigenvalue weighted by molar-refractivity contribution is -0.162. The predicted octanol–water partition coefficient (Wildman–Crippen LogP) is 2.54. The lowest BCUT2D eigenvalue weighted by atomic mass is 10.2. The number of amides is 1. The molecule has 6 nitrogen and oxygen atoms in total. The van der Waals surface area contributed by atoms with Crippen molar-refractivity contribution in [2.45, 2.75) is 19.1 Å². The number of esters is 1. The first-order chi connectivity index (χ1) is 12.0. The van der Waals surface area contributed by atoms with E-state index in [0.717, 1.165) is 0 Å². The van der Waals surface area contributed by atoms with Crippen molar-refractivity contribution in [3.05, 3.63) is 54.3 Å². The summed E-state index contributed by atoms with van der Waals surface area (Å²) < 4.78 is 29.2. The van der Waals surface area contributed by atoms with Crippen LogP contribution in [-0.4, -0.2) is 30.7 Å². The molecule has 0 spiro atoms. The van der Waals surface area contributed by atoms with Crippen molar-refractivity contribution in [1.82, 2.24) is 0 Å². The van der Waals surface area contributed by atoms with Gasteiger partial charge in [-0.15, -0.1) is 0 Å². The molecule has 1 aliphatic heterocycles. The van der Waals surface area contributed by atoms with E-state index in [9.17, 15) is 14.0 Å². The molecular weight excluding hydrogens is 329 g/mol. The Morgan fingerprint density at radius 2 is 1.96 bits per heavy atom. The number of para-hydroxylation sites is 2. The number of fused-ring (bicyclic) bond motifs is 1. The van der Waals surface area contributed by atoms with E-state index in [1.807, 2.05) is 0 Å². The Kier molecular flexibility index (Phi) is 4.83. The van der Waals surface area contributed by atoms with Gasteiger partial charge in [-0.2, -0.15) is 0 Å². The molecule has 0 saturated carbocycles. The Balaban J connectivity index is 1.56. The van der Waals surface area contributed by atoms with Gasteiger partial charge in [0, 0.05) is 5.69 Å². The third-order valence-electron chi connectivity index (χ3n) is 3.53. The standard InChI is InChI=1S/C18H16FNO5/c1-11(17(21)20-13-6-4-5-12(19)9-13)24-18(22)16-10-23-14-7-2-3-8-15(14)25-16/h2-9,11,16H,10H2,1H3,(H,20,21)/t11-,16+/m0/s1. The second-order valence-electron chi connectivity index (χ2n) is 5.44. The minimum Gasteiger partial charge on any atom is -0.485 e. The fraction of sp³-hybridized carbons (Fsp3) is 0.222. The van der Waals surface area contributed by atoms with Gasteiger partial charge in [0.2, 0.25) is 6.10 Å². The molecule has 0 aliphatic carbocycles. The Labute approximate surface area is 143 Å². The molecule has 0 radical (unpaired) electrons. The fourth-order valence-corrected chi connectivity index (χ4v) is 2.25. The van der Waals surface area contributed by atoms with E-state index in [2.05, 4.69) is 5.32 Å². The number of nitrogens with one attached hydrogen (secondary N) is 1. The van der Waals surface area contributed by atoms with Gasteiger partial charge in [-0.25, -0.2) is 9.18 Å². The lowest BCUT2D eigenvalue weighted by Crippen LogP contribution is -2.41. The number of rotatable bonds is 4. The third-order valence-corrected chi connectivity index (χ3v) is 3.53. The number of ether oxygens (including phenoxy) is 3. The monoisotopic (exact) mass is 345 g/mol. The molecule has 2 atom stereocenters. The van der Waals surface area contributed by atoms with E-state index >= 15 is 0 Å². The number of hydrogen-bond acceptors (Lipinski definition) is 5. The molecule has 1 heterocycles. The molecule has 1 amide bonds. The van der Waals surface area contributed by atoms with Gasteiger partial charge < -0.3 is 19.5 Å². The molecule has 2 aromatic rings. The van der Waals surface area contributed by atoms with Crippen LogP contribution < -0.4 is 14.8 Å². The third kappa shape index (κ3) is 4.06. The Hall–Kier alpha value is -3.09. The van der Waals surface area contributed by atoms with Crippen molar-refractivity contribution < 1.29 is 28.2 Å². The number of benzene rings is 2. The van der Waals surface area contributed by atoms with Crippen LogP contribution in [0, 0.1) is 5.82 Å². The van der Waals surface area contributed by atoms with Crippen molar-refractivity contribution in [2.75, 3.05) is 11.9 Å². The highest BCUT2D eigenvalue weighted by atomic mass is 19.1. The van der Waals surface area contributed by atoms with Gasteiger partial charge in [0.25, 0.3) is 5.91 Å². The van der Waals surface area contributed by atoms with Gasteiger partial charge in [0.05, 0.1) is 0 Å². The van der Waals surface area contributed by atoms with Crippen LogP contribution in [0.2, 0.25) is 0 Å². The molecule has 3 rings (SSSR count). The Morgan fingerprint density at radius 3 is 2.72 bits per heavy atom. The van der Waals surface area contributed by atoms with Crippen molar-refractivity contribution in [1.29, 1.82) is 0 Å². The van der Waals surface area contributed by atoms with Crippen LogP contribution in [0.5, 0.6) is 11.5 Å². The molecule has 1 aliphatic rings. The summed E-state index contributed by atoms with van der Waals surface area (Å²) in [5, 5.41) is 2.48. The summed E-state index contributed by atoms with van der Waals surface area (Å²) in [6.07, 6.45) is -2.03. The number of carbonyl (C=O) groups is 2. The molecule has 0 unspecified atom stereocenters. The summed E-state index contributed by atoms with van der Waals surface area (Å²) in [6, 6.07) is 12.4. The maximum atomic E-state index is 13.1. The summed E-state index contributed by atoms with van der Waals surface area (Å²) in [4.78, 5) is 24.2. The first-order valence-electron chi connectivity index (χ1n) is 7.68. The highest BCUT2D eigenvalue weighted by Gasteiger charge is 2.31. The van der Waals surface area contributed by atoms with E-state index in [0.29, 0.717) is 11.5 Å². The summed E-state index contributed by atoms with van der Waals surface area (Å²) in [5.41, 5.74) is 0.277. The van der Waals surface area contributed by atoms with Crippen molar-refractivity contribution in [3.8, 4) is 11.5 Å². The summed E-state index contributed by atoms with van der Waals surface area (Å²) in [5.74, 6) is -0.780. The zero-order chi connectivity index (χ0) is 17.8. The zero-order valence-electron chi connectivity index (χ0n) is 13.4. The van der Waals surface area contributed by atoms with Gasteiger partial charge in [-0.3, -0.25) is 4.79 Å². The maximum absolute atomic E-state index is 13.1. The smallest absolute Gasteiger partial charge is 0.351 e. The molecule has 2 aromatic carbocycles. The lowest BCUT2D eigenvalue weighted by Gasteiger charge is -2.25. The van der Waals surface area contributed by atoms with E-state index in [-0.39, 0.29) is 12.3 Å². The average Bonchev–Trinajstić information content (AvgIpc) is 2.61. The topological polar surface area (TPSA) is 73.9 Å². The normalized spacial score (nSPS) is 16.6. The maximum Gasteiger partial charge on any atom is 0.351 e. The van der Waals surface area contributed by atoms with Gasteiger partial charge >= 0.3 is 5.97 Å². The quantitative estimate of drug-likeness (QED) is 0.862. The number of halogens is 1. The average molecular weight is 345 g/mol. The number of hydrogen-bond donors (Lipinski definition) is 1. The van der Waals surface area contributed by atoms with Gasteiger partial charge in [0.1, 0.15) is 12.4 Å². The van der Waals surface area contributed by atoms with Crippen molar-refractivity contribution in [3.63, 3.8) is 0 Å². The van der Waals surface area contributed by atoms with Gasteiger partial charge in [0.15, 0.2) is 17.6 Å². The van der Waals surface area contributed by atoms with Crippen LogP contribution in [0.1, 0.15) is 6.92 Å². The van der Waals surface area contributed by atoms with E-state index < -0.39 is 29.9 Å². The first kappa shape index (κ1) is 16.8. The minimum absolute atomic E-state index is 0.00587. The summed E-state index contributed by atoms with van der Waals surface area (Å²) in [7, 11) is 0. The zero-order valence-corrected chi connectivity index (χ0v) is 13.4. The second-order valence-corrected chi connectivity index (χ2v) is 5.44. The largest absolute Gasteiger partial charge is 0.485 e. The first-order valence-corrected chi connectivity index (χ1v) is 7.68. The van der Waals surface area contributed by atoms with E-state index in [4.69, 9.17) is 14.2 Å². The molecule has 25 heavy (non-hydrogen) atoms. The number of anilines is 1. The highest BCUT2D eigenvalue weighted by molar-refractivity contribution is 5.95. The van der Waals surface area contributed by atoms with Crippen molar-refractivity contribution >= 4 is 17.6 Å². The fourth-order valence-electron chi connectivity index (χ4n) is 2.25. The summed E-state index contributed by atoms with van der Waals surface area (Å²) >= 11 is 0. The molecule has 130 valence electrons. The molecule has 0 aromatic heterocycles. The summed E-state index contributed by atoms with van der Waals surface area (Å²) in [6.45, 7) is 1.41. The minimum atomic E-state index is -1.07. The molecule has 0 fully saturated rings. The van der Waals surface area contributed by atoms with Gasteiger partial charge in [-0.05, 0) is 37.3 Å². The molecule has 7 heteroatoms. The second kappa shape index (κ2) is 7.21. The van der Waals surface area contributed by atoms with Crippen LogP contribution in [0.25, 0.3) is 0 Å². The van der Waals surface area contributed by atoms with Gasteiger partial charge in [-0.1, -0.05) is 18.2 Å². The van der Waals surface area contributed by atoms with E-state index in [1.165, 1.54) is 31.2 Å². The molecule has 0 bridgehead atoms. The number of carbonyl (C=O) groups excluding carboxylic acids is 2. The van der Waals surface area contributed by atoms with Crippen LogP contribution >= 0.6 is 0 Å². The molecule has 0 saturated heterocycles. The SMILES string of the molecule is C[C@H](OC(=O)[C@H]1COc2ccccc2O1)C(=O)Nc1cccc(F)c1. The molecular formula is C18H16FNO5. The van der Waals surface area contributed by atoms with E-state index in [1.54, 1.807) is 24.3 Å². The highest BCUT2D eigenvalue weighted by Crippen LogP contribution is 2.31. The van der Waals surface area contributed by atoms with Crippen LogP contribution in [0.15, 0.2) is 48.5 Å². The Morgan fingerprint density at radius 1 is 1.20 bits per heavy atom. The molecule has 1 N–H and O–H groups in total. The van der Waals surface area contributed by atoms with Crippen molar-refractivity contribution in [2.24, 2.45) is 0 Å². The predicted molar refractivity (Wildman–Crippen MR) is 86.9 cm³/mol. The van der Waals surface area contributed by atoms with Crippen LogP contribution in [0.4, 0.5) is 10.1 Å².